The summed E-state index contributed by atoms with van der Waals surface area (Å²) in [5, 5.41) is 13.1. The number of aryl methyl sites for hydroxylation is 1. The summed E-state index contributed by atoms with van der Waals surface area (Å²) in [6.07, 6.45) is 1.64. The van der Waals surface area contributed by atoms with Crippen molar-refractivity contribution in [1.29, 1.82) is 0 Å². The van der Waals surface area contributed by atoms with E-state index < -0.39 is 0 Å². The van der Waals surface area contributed by atoms with E-state index in [4.69, 9.17) is 4.98 Å². The van der Waals surface area contributed by atoms with E-state index in [1.54, 1.807) is 42.2 Å². The molecule has 30 heavy (non-hydrogen) atoms. The van der Waals surface area contributed by atoms with Gasteiger partial charge in [0, 0.05) is 22.4 Å². The molecule has 0 saturated heterocycles. The lowest BCUT2D eigenvalue weighted by Crippen LogP contribution is -2.13. The van der Waals surface area contributed by atoms with E-state index in [9.17, 15) is 9.90 Å². The summed E-state index contributed by atoms with van der Waals surface area (Å²) in [5.74, 6) is 1.05. The highest BCUT2D eigenvalue weighted by Gasteiger charge is 2.20. The average Bonchev–Trinajstić information content (AvgIpc) is 3.19. The number of thioether (sulfide) groups is 1. The normalized spacial score (nSPS) is 10.7. The van der Waals surface area contributed by atoms with Crippen LogP contribution in [0.3, 0.4) is 0 Å². The first kappa shape index (κ1) is 20.1. The summed E-state index contributed by atoms with van der Waals surface area (Å²) in [6, 6.07) is 20.5. The van der Waals surface area contributed by atoms with Crippen molar-refractivity contribution in [2.45, 2.75) is 17.6 Å². The lowest BCUT2D eigenvalue weighted by Gasteiger charge is -2.04. The number of hydrogen-bond acceptors (Lipinski definition) is 6. The fourth-order valence-electron chi connectivity index (χ4n) is 2.75. The first-order valence-corrected chi connectivity index (χ1v) is 11.1. The van der Waals surface area contributed by atoms with Crippen molar-refractivity contribution in [3.8, 4) is 16.3 Å². The molecule has 4 rings (SSSR count). The Morgan fingerprint density at radius 3 is 2.53 bits per heavy atom. The Labute approximate surface area is 182 Å². The molecule has 0 fully saturated rings. The highest BCUT2D eigenvalue weighted by atomic mass is 32.2. The van der Waals surface area contributed by atoms with Gasteiger partial charge < -0.3 is 10.4 Å². The summed E-state index contributed by atoms with van der Waals surface area (Å²) in [4.78, 5) is 23.5. The second kappa shape index (κ2) is 9.11. The molecule has 1 amide bonds. The highest BCUT2D eigenvalue weighted by molar-refractivity contribution is 7.98. The number of anilines is 1. The zero-order valence-electron chi connectivity index (χ0n) is 16.2. The van der Waals surface area contributed by atoms with Gasteiger partial charge >= 0.3 is 0 Å². The van der Waals surface area contributed by atoms with Gasteiger partial charge in [-0.1, -0.05) is 35.9 Å². The zero-order valence-corrected chi connectivity index (χ0v) is 17.8. The third kappa shape index (κ3) is 4.87. The molecule has 0 unspecified atom stereocenters. The summed E-state index contributed by atoms with van der Waals surface area (Å²) in [6.45, 7) is 2.04. The van der Waals surface area contributed by atoms with E-state index in [0.29, 0.717) is 16.4 Å². The molecule has 0 aliphatic carbocycles. The van der Waals surface area contributed by atoms with E-state index in [2.05, 4.69) is 10.3 Å². The van der Waals surface area contributed by atoms with E-state index in [-0.39, 0.29) is 11.7 Å². The summed E-state index contributed by atoms with van der Waals surface area (Å²) < 4.78 is 0. The predicted molar refractivity (Wildman–Crippen MR) is 122 cm³/mol. The largest absolute Gasteiger partial charge is 0.508 e. The predicted octanol–water partition coefficient (Wildman–Crippen LogP) is 5.76. The number of thiazole rings is 1. The number of carbonyl (C=O) groups excluding carboxylic acids is 1. The molecule has 0 spiro atoms. The average molecular weight is 434 g/mol. The molecule has 0 saturated carbocycles. The fourth-order valence-corrected chi connectivity index (χ4v) is 4.67. The summed E-state index contributed by atoms with van der Waals surface area (Å²) in [7, 11) is 0. The van der Waals surface area contributed by atoms with E-state index in [0.717, 1.165) is 21.2 Å². The van der Waals surface area contributed by atoms with Crippen molar-refractivity contribution in [2.75, 3.05) is 5.32 Å². The van der Waals surface area contributed by atoms with Crippen LogP contribution in [-0.4, -0.2) is 21.0 Å². The van der Waals surface area contributed by atoms with Crippen LogP contribution in [-0.2, 0) is 5.75 Å². The van der Waals surface area contributed by atoms with Gasteiger partial charge in [0.2, 0.25) is 0 Å². The van der Waals surface area contributed by atoms with Crippen LogP contribution in [0, 0.1) is 6.92 Å². The number of amides is 1. The van der Waals surface area contributed by atoms with Crippen molar-refractivity contribution < 1.29 is 9.90 Å². The molecule has 5 nitrogen and oxygen atoms in total. The molecular weight excluding hydrogens is 414 g/mol. The van der Waals surface area contributed by atoms with Gasteiger partial charge in [-0.15, -0.1) is 23.1 Å². The van der Waals surface area contributed by atoms with Gasteiger partial charge in [-0.3, -0.25) is 4.79 Å². The highest BCUT2D eigenvalue weighted by Crippen LogP contribution is 2.33. The maximum atomic E-state index is 13.0. The van der Waals surface area contributed by atoms with Gasteiger partial charge in [-0.2, -0.15) is 0 Å². The maximum absolute atomic E-state index is 13.0. The van der Waals surface area contributed by atoms with Crippen molar-refractivity contribution in [1.82, 2.24) is 9.97 Å². The van der Waals surface area contributed by atoms with Crippen molar-refractivity contribution >= 4 is 34.8 Å². The van der Waals surface area contributed by atoms with Crippen LogP contribution in [0.5, 0.6) is 5.75 Å². The second-order valence-electron chi connectivity index (χ2n) is 6.61. The Kier molecular flexibility index (Phi) is 6.11. The SMILES string of the molecule is Cc1ccc(-c2nc(CSc3ccc(O)cc3)c(C(=O)Nc3ccccn3)s2)cc1. The Hall–Kier alpha value is -3.16. The van der Waals surface area contributed by atoms with Crippen LogP contribution in [0.1, 0.15) is 20.9 Å². The molecule has 2 heterocycles. The van der Waals surface area contributed by atoms with Crippen LogP contribution < -0.4 is 5.32 Å². The van der Waals surface area contributed by atoms with Gasteiger partial charge in [0.1, 0.15) is 21.5 Å². The van der Waals surface area contributed by atoms with Crippen LogP contribution >= 0.6 is 23.1 Å². The van der Waals surface area contributed by atoms with Crippen molar-refractivity contribution in [2.24, 2.45) is 0 Å². The number of phenolic OH excluding ortho intramolecular Hbond substituents is 1. The van der Waals surface area contributed by atoms with Gasteiger partial charge in [0.15, 0.2) is 0 Å². The Morgan fingerprint density at radius 2 is 1.83 bits per heavy atom. The number of pyridine rings is 1. The molecule has 2 aromatic carbocycles. The number of aromatic hydroxyl groups is 1. The number of benzene rings is 2. The number of aromatic nitrogens is 2. The van der Waals surface area contributed by atoms with E-state index in [1.165, 1.54) is 16.9 Å². The molecule has 150 valence electrons. The smallest absolute Gasteiger partial charge is 0.268 e. The number of rotatable bonds is 6. The third-order valence-electron chi connectivity index (χ3n) is 4.32. The van der Waals surface area contributed by atoms with Crippen molar-refractivity contribution in [3.05, 3.63) is 89.1 Å². The topological polar surface area (TPSA) is 75.1 Å². The van der Waals surface area contributed by atoms with Crippen LogP contribution in [0.25, 0.3) is 10.6 Å². The lowest BCUT2D eigenvalue weighted by molar-refractivity contribution is 0.102. The minimum Gasteiger partial charge on any atom is -0.508 e. The summed E-state index contributed by atoms with van der Waals surface area (Å²) >= 11 is 2.95. The molecule has 0 aliphatic heterocycles. The maximum Gasteiger partial charge on any atom is 0.268 e. The minimum atomic E-state index is -0.217. The number of phenols is 1. The van der Waals surface area contributed by atoms with Crippen LogP contribution in [0.4, 0.5) is 5.82 Å². The van der Waals surface area contributed by atoms with Gasteiger partial charge in [-0.05, 0) is 43.3 Å². The first-order chi connectivity index (χ1) is 14.6. The molecule has 0 aliphatic rings. The number of carbonyl (C=O) groups is 1. The fraction of sp³-hybridized carbons (Fsp3) is 0.0870. The molecule has 4 aromatic rings. The third-order valence-corrected chi connectivity index (χ3v) is 6.49. The number of hydrogen-bond donors (Lipinski definition) is 2. The quantitative estimate of drug-likeness (QED) is 0.378. The lowest BCUT2D eigenvalue weighted by atomic mass is 10.2. The first-order valence-electron chi connectivity index (χ1n) is 9.29. The molecular formula is C23H19N3O2S2. The molecule has 0 radical (unpaired) electrons. The van der Waals surface area contributed by atoms with Gasteiger partial charge in [-0.25, -0.2) is 9.97 Å². The van der Waals surface area contributed by atoms with E-state index in [1.807, 2.05) is 49.4 Å². The standard InChI is InChI=1S/C23H19N3O2S2/c1-15-5-7-16(8-6-15)23-25-19(14-29-18-11-9-17(27)10-12-18)21(30-23)22(28)26-20-4-2-3-13-24-20/h2-13,27H,14H2,1H3,(H,24,26,28). The second-order valence-corrected chi connectivity index (χ2v) is 8.66. The van der Waals surface area contributed by atoms with E-state index >= 15 is 0 Å². The Bertz CT molecular complexity index is 1140. The zero-order chi connectivity index (χ0) is 20.9. The van der Waals surface area contributed by atoms with Crippen LogP contribution in [0.15, 0.2) is 77.8 Å². The molecule has 0 bridgehead atoms. The number of nitrogens with one attached hydrogen (secondary N) is 1. The Morgan fingerprint density at radius 1 is 1.07 bits per heavy atom. The molecule has 7 heteroatoms. The molecule has 0 atom stereocenters. The Balaban J connectivity index is 1.62. The molecule has 2 N–H and O–H groups in total. The van der Waals surface area contributed by atoms with Crippen molar-refractivity contribution in [3.63, 3.8) is 0 Å². The number of nitrogens with zero attached hydrogens (tertiary/aromatic N) is 2. The van der Waals surface area contributed by atoms with Gasteiger partial charge in [0.05, 0.1) is 5.69 Å². The summed E-state index contributed by atoms with van der Waals surface area (Å²) in [5.41, 5.74) is 2.88. The minimum absolute atomic E-state index is 0.217. The molecule has 2 aromatic heterocycles. The monoisotopic (exact) mass is 433 g/mol. The van der Waals surface area contributed by atoms with Crippen LogP contribution in [0.2, 0.25) is 0 Å². The van der Waals surface area contributed by atoms with Gasteiger partial charge in [0.25, 0.3) is 5.91 Å².